The molecule has 0 unspecified atom stereocenters. The highest BCUT2D eigenvalue weighted by atomic mass is 35.5. The fourth-order valence-electron chi connectivity index (χ4n) is 2.60. The first kappa shape index (κ1) is 24.5. The molecule has 0 saturated carbocycles. The summed E-state index contributed by atoms with van der Waals surface area (Å²) in [5.41, 5.74) is 5.37. The minimum atomic E-state index is -0.507. The molecule has 0 heterocycles. The molecule has 0 aliphatic rings. The molecule has 7 nitrogen and oxygen atoms in total. The van der Waals surface area contributed by atoms with Crippen molar-refractivity contribution in [2.75, 3.05) is 11.9 Å². The maximum Gasteiger partial charge on any atom is 0.273 e. The van der Waals surface area contributed by atoms with E-state index in [0.717, 1.165) is 19.3 Å². The van der Waals surface area contributed by atoms with Crippen molar-refractivity contribution in [3.05, 3.63) is 58.1 Å². The molecule has 0 aliphatic carbocycles. The number of benzene rings is 2. The van der Waals surface area contributed by atoms with Crippen molar-refractivity contribution >= 4 is 46.6 Å². The average Bonchev–Trinajstić information content (AvgIpc) is 2.76. The topological polar surface area (TPSA) is 96.5 Å². The van der Waals surface area contributed by atoms with Gasteiger partial charge in [0.05, 0.1) is 22.9 Å². The number of hydrazine groups is 1. The standard InChI is InChI=1S/C22H25Cl2N3O4/c1-2-3-6-13-31-19-8-5-4-7-16(19)22(30)27-26-21(29)12-11-20(28)25-18-10-9-15(23)14-17(18)24/h4-5,7-10,14H,2-3,6,11-13H2,1H3,(H,25,28)(H,26,29)(H,27,30). The van der Waals surface area contributed by atoms with Crippen LogP contribution in [-0.2, 0) is 9.59 Å². The average molecular weight is 466 g/mol. The highest BCUT2D eigenvalue weighted by Gasteiger charge is 2.14. The third-order valence-corrected chi connectivity index (χ3v) is 4.78. The van der Waals surface area contributed by atoms with Crippen LogP contribution in [0.4, 0.5) is 5.69 Å². The summed E-state index contributed by atoms with van der Waals surface area (Å²) in [6, 6.07) is 11.5. The molecule has 0 radical (unpaired) electrons. The Balaban J connectivity index is 1.78. The van der Waals surface area contributed by atoms with E-state index < -0.39 is 17.7 Å². The molecule has 0 aliphatic heterocycles. The SMILES string of the molecule is CCCCCOc1ccccc1C(=O)NNC(=O)CCC(=O)Nc1ccc(Cl)cc1Cl. The number of halogens is 2. The van der Waals surface area contributed by atoms with Gasteiger partial charge in [-0.25, -0.2) is 0 Å². The summed E-state index contributed by atoms with van der Waals surface area (Å²) in [6.07, 6.45) is 2.81. The van der Waals surface area contributed by atoms with Gasteiger partial charge in [-0.3, -0.25) is 25.2 Å². The Bertz CT molecular complexity index is 921. The van der Waals surface area contributed by atoms with Crippen molar-refractivity contribution in [1.29, 1.82) is 0 Å². The Morgan fingerprint density at radius 2 is 1.68 bits per heavy atom. The molecule has 3 amide bonds. The molecular weight excluding hydrogens is 441 g/mol. The van der Waals surface area contributed by atoms with Gasteiger partial charge >= 0.3 is 0 Å². The third kappa shape index (κ3) is 8.47. The molecule has 0 atom stereocenters. The van der Waals surface area contributed by atoms with Crippen molar-refractivity contribution in [3.8, 4) is 5.75 Å². The number of anilines is 1. The second-order valence-electron chi connectivity index (χ2n) is 6.73. The highest BCUT2D eigenvalue weighted by Crippen LogP contribution is 2.25. The van der Waals surface area contributed by atoms with E-state index in [2.05, 4.69) is 23.1 Å². The molecule has 0 spiro atoms. The molecule has 2 aromatic carbocycles. The lowest BCUT2D eigenvalue weighted by Gasteiger charge is -2.12. The quantitative estimate of drug-likeness (QED) is 0.348. The number of carbonyl (C=O) groups excluding carboxylic acids is 3. The molecule has 2 rings (SSSR count). The number of ether oxygens (including phenoxy) is 1. The molecule has 0 fully saturated rings. The van der Waals surface area contributed by atoms with Crippen molar-refractivity contribution in [1.82, 2.24) is 10.9 Å². The van der Waals surface area contributed by atoms with Crippen LogP contribution < -0.4 is 20.9 Å². The van der Waals surface area contributed by atoms with Crippen LogP contribution >= 0.6 is 23.2 Å². The van der Waals surface area contributed by atoms with Crippen LogP contribution in [0.25, 0.3) is 0 Å². The zero-order chi connectivity index (χ0) is 22.6. The van der Waals surface area contributed by atoms with Gasteiger partial charge in [0, 0.05) is 17.9 Å². The van der Waals surface area contributed by atoms with E-state index >= 15 is 0 Å². The number of para-hydroxylation sites is 1. The van der Waals surface area contributed by atoms with Gasteiger partial charge in [0.1, 0.15) is 5.75 Å². The number of carbonyl (C=O) groups is 3. The molecular formula is C22H25Cl2N3O4. The van der Waals surface area contributed by atoms with Crippen molar-refractivity contribution in [2.24, 2.45) is 0 Å². The summed E-state index contributed by atoms with van der Waals surface area (Å²) in [4.78, 5) is 36.4. The predicted molar refractivity (Wildman–Crippen MR) is 121 cm³/mol. The van der Waals surface area contributed by atoms with Gasteiger partial charge < -0.3 is 10.1 Å². The molecule has 2 aromatic rings. The first-order valence-electron chi connectivity index (χ1n) is 9.96. The summed E-state index contributed by atoms with van der Waals surface area (Å²) in [7, 11) is 0. The first-order valence-corrected chi connectivity index (χ1v) is 10.7. The first-order chi connectivity index (χ1) is 14.9. The minimum Gasteiger partial charge on any atom is -0.493 e. The van der Waals surface area contributed by atoms with Crippen LogP contribution in [0.15, 0.2) is 42.5 Å². The third-order valence-electron chi connectivity index (χ3n) is 4.24. The van der Waals surface area contributed by atoms with Gasteiger partial charge in [-0.2, -0.15) is 0 Å². The largest absolute Gasteiger partial charge is 0.493 e. The molecule has 166 valence electrons. The van der Waals surface area contributed by atoms with Crippen LogP contribution in [0, 0.1) is 0 Å². The van der Waals surface area contributed by atoms with Gasteiger partial charge in [-0.1, -0.05) is 55.1 Å². The van der Waals surface area contributed by atoms with E-state index in [1.807, 2.05) is 0 Å². The van der Waals surface area contributed by atoms with E-state index in [-0.39, 0.29) is 12.8 Å². The number of rotatable bonds is 10. The normalized spacial score (nSPS) is 10.3. The van der Waals surface area contributed by atoms with Crippen molar-refractivity contribution in [3.63, 3.8) is 0 Å². The maximum atomic E-state index is 12.4. The lowest BCUT2D eigenvalue weighted by molar-refractivity contribution is -0.124. The molecule has 0 saturated heterocycles. The molecule has 9 heteroatoms. The van der Waals surface area contributed by atoms with E-state index in [4.69, 9.17) is 27.9 Å². The Kier molecular flexibility index (Phi) is 10.1. The van der Waals surface area contributed by atoms with Gasteiger partial charge in [0.2, 0.25) is 11.8 Å². The van der Waals surface area contributed by atoms with E-state index in [1.54, 1.807) is 36.4 Å². The predicted octanol–water partition coefficient (Wildman–Crippen LogP) is 4.74. The molecule has 31 heavy (non-hydrogen) atoms. The number of amides is 3. The zero-order valence-corrected chi connectivity index (χ0v) is 18.7. The highest BCUT2D eigenvalue weighted by molar-refractivity contribution is 6.36. The van der Waals surface area contributed by atoms with Crippen LogP contribution in [0.2, 0.25) is 10.0 Å². The second-order valence-corrected chi connectivity index (χ2v) is 7.57. The summed E-state index contributed by atoms with van der Waals surface area (Å²) in [5, 5.41) is 3.36. The Labute approximate surface area is 191 Å². The van der Waals surface area contributed by atoms with Crippen molar-refractivity contribution in [2.45, 2.75) is 39.0 Å². The second kappa shape index (κ2) is 12.8. The molecule has 3 N–H and O–H groups in total. The number of unbranched alkanes of at least 4 members (excludes halogenated alkanes) is 2. The number of hydrogen-bond donors (Lipinski definition) is 3. The number of hydrogen-bond acceptors (Lipinski definition) is 4. The Morgan fingerprint density at radius 3 is 2.42 bits per heavy atom. The van der Waals surface area contributed by atoms with E-state index in [9.17, 15) is 14.4 Å². The van der Waals surface area contributed by atoms with Crippen molar-refractivity contribution < 1.29 is 19.1 Å². The van der Waals surface area contributed by atoms with Gasteiger partial charge in [-0.15, -0.1) is 0 Å². The Morgan fingerprint density at radius 1 is 0.935 bits per heavy atom. The van der Waals surface area contributed by atoms with Crippen LogP contribution in [0.1, 0.15) is 49.4 Å². The minimum absolute atomic E-state index is 0.0855. The lowest BCUT2D eigenvalue weighted by Crippen LogP contribution is -2.42. The summed E-state index contributed by atoms with van der Waals surface area (Å²) in [5.74, 6) is -0.954. The van der Waals surface area contributed by atoms with Crippen LogP contribution in [0.3, 0.4) is 0 Å². The van der Waals surface area contributed by atoms with Gasteiger partial charge in [0.25, 0.3) is 5.91 Å². The Hall–Kier alpha value is -2.77. The molecule has 0 bridgehead atoms. The molecule has 0 aromatic heterocycles. The van der Waals surface area contributed by atoms with Gasteiger partial charge in [0.15, 0.2) is 0 Å². The summed E-state index contributed by atoms with van der Waals surface area (Å²) < 4.78 is 5.67. The fourth-order valence-corrected chi connectivity index (χ4v) is 3.06. The monoisotopic (exact) mass is 465 g/mol. The zero-order valence-electron chi connectivity index (χ0n) is 17.2. The van der Waals surface area contributed by atoms with E-state index in [1.165, 1.54) is 6.07 Å². The fraction of sp³-hybridized carbons (Fsp3) is 0.318. The van der Waals surface area contributed by atoms with E-state index in [0.29, 0.717) is 33.7 Å². The lowest BCUT2D eigenvalue weighted by atomic mass is 10.2. The maximum absolute atomic E-state index is 12.4. The van der Waals surface area contributed by atoms with Crippen LogP contribution in [0.5, 0.6) is 5.75 Å². The summed E-state index contributed by atoms with van der Waals surface area (Å²) in [6.45, 7) is 2.61. The van der Waals surface area contributed by atoms with Gasteiger partial charge in [-0.05, 0) is 36.8 Å². The van der Waals surface area contributed by atoms with Crippen LogP contribution in [-0.4, -0.2) is 24.3 Å². The summed E-state index contributed by atoms with van der Waals surface area (Å²) >= 11 is 11.8. The number of nitrogens with one attached hydrogen (secondary N) is 3. The smallest absolute Gasteiger partial charge is 0.273 e.